The van der Waals surface area contributed by atoms with E-state index in [1.54, 1.807) is 0 Å². The van der Waals surface area contributed by atoms with E-state index in [0.29, 0.717) is 6.42 Å². The number of benzene rings is 2. The minimum Gasteiger partial charge on any atom is -0.350 e. The molecule has 2 aromatic rings. The molecule has 1 heterocycles. The highest BCUT2D eigenvalue weighted by Gasteiger charge is 2.25. The molecule has 4 heteroatoms. The second-order valence-electron chi connectivity index (χ2n) is 7.30. The first kappa shape index (κ1) is 19.3. The number of piperidine rings is 1. The normalized spacial score (nSPS) is 16.6. The Balaban J connectivity index is 1.39. The summed E-state index contributed by atoms with van der Waals surface area (Å²) in [4.78, 5) is 27.1. The van der Waals surface area contributed by atoms with Crippen LogP contribution in [-0.4, -0.2) is 36.2 Å². The summed E-state index contributed by atoms with van der Waals surface area (Å²) in [6, 6.07) is 19.6. The molecule has 0 spiro atoms. The molecule has 0 aromatic heterocycles. The highest BCUT2D eigenvalue weighted by Crippen LogP contribution is 2.22. The first-order chi connectivity index (χ1) is 13.1. The molecule has 1 aliphatic heterocycles. The fraction of sp³-hybridized carbons (Fsp3) is 0.391. The van der Waals surface area contributed by atoms with Gasteiger partial charge in [0, 0.05) is 24.4 Å². The van der Waals surface area contributed by atoms with Crippen molar-refractivity contribution in [3.8, 4) is 0 Å². The Hall–Kier alpha value is -2.46. The molecule has 1 unspecified atom stereocenters. The van der Waals surface area contributed by atoms with Crippen molar-refractivity contribution in [1.29, 1.82) is 0 Å². The smallest absolute Gasteiger partial charge is 0.221 e. The van der Waals surface area contributed by atoms with Crippen LogP contribution in [0.2, 0.25) is 0 Å². The highest BCUT2D eigenvalue weighted by atomic mass is 16.1. The van der Waals surface area contributed by atoms with Gasteiger partial charge < -0.3 is 10.2 Å². The van der Waals surface area contributed by atoms with Crippen LogP contribution in [0.3, 0.4) is 0 Å². The van der Waals surface area contributed by atoms with Crippen LogP contribution < -0.4 is 5.32 Å². The minimum absolute atomic E-state index is 0.0212. The molecule has 1 fully saturated rings. The maximum absolute atomic E-state index is 12.5. The molecule has 1 amide bonds. The molecule has 1 aliphatic rings. The Labute approximate surface area is 161 Å². The van der Waals surface area contributed by atoms with E-state index in [1.165, 1.54) is 0 Å². The van der Waals surface area contributed by atoms with Gasteiger partial charge in [-0.05, 0) is 38.4 Å². The molecular weight excluding hydrogens is 336 g/mol. The second-order valence-corrected chi connectivity index (χ2v) is 7.30. The Bertz CT molecular complexity index is 737. The van der Waals surface area contributed by atoms with Gasteiger partial charge in [0.1, 0.15) is 0 Å². The lowest BCUT2D eigenvalue weighted by molar-refractivity contribution is -0.122. The van der Waals surface area contributed by atoms with Crippen molar-refractivity contribution in [3.63, 3.8) is 0 Å². The highest BCUT2D eigenvalue weighted by molar-refractivity contribution is 5.97. The summed E-state index contributed by atoms with van der Waals surface area (Å²) >= 11 is 0. The van der Waals surface area contributed by atoms with Gasteiger partial charge in [0.15, 0.2) is 5.78 Å². The van der Waals surface area contributed by atoms with Crippen LogP contribution in [0.15, 0.2) is 60.7 Å². The molecule has 0 bridgehead atoms. The first-order valence-corrected chi connectivity index (χ1v) is 9.79. The standard InChI is InChI=1S/C23H28N2O2/c1-18(19-8-4-2-5-9-19)24-22(26)14-17-25-15-12-21(13-16-25)23(27)20-10-6-3-7-11-20/h2-11,18,21H,12-17H2,1H3,(H,24,26). The summed E-state index contributed by atoms with van der Waals surface area (Å²) in [5.74, 6) is 0.439. The van der Waals surface area contributed by atoms with E-state index >= 15 is 0 Å². The number of carbonyl (C=O) groups is 2. The lowest BCUT2D eigenvalue weighted by atomic mass is 9.89. The average Bonchev–Trinajstić information content (AvgIpc) is 2.73. The van der Waals surface area contributed by atoms with Crippen LogP contribution in [0, 0.1) is 5.92 Å². The number of Topliss-reactive ketones (excluding diaryl/α,β-unsaturated/α-hetero) is 1. The molecule has 4 nitrogen and oxygen atoms in total. The van der Waals surface area contributed by atoms with Gasteiger partial charge in [-0.1, -0.05) is 60.7 Å². The van der Waals surface area contributed by atoms with E-state index in [4.69, 9.17) is 0 Å². The van der Waals surface area contributed by atoms with E-state index < -0.39 is 0 Å². The van der Waals surface area contributed by atoms with Crippen molar-refractivity contribution in [2.24, 2.45) is 5.92 Å². The number of likely N-dealkylation sites (tertiary alicyclic amines) is 1. The van der Waals surface area contributed by atoms with Crippen molar-refractivity contribution >= 4 is 11.7 Å². The van der Waals surface area contributed by atoms with Crippen molar-refractivity contribution in [2.45, 2.75) is 32.2 Å². The lowest BCUT2D eigenvalue weighted by Gasteiger charge is -2.31. The third kappa shape index (κ3) is 5.51. The number of amides is 1. The first-order valence-electron chi connectivity index (χ1n) is 9.79. The SMILES string of the molecule is CC(NC(=O)CCN1CCC(C(=O)c2ccccc2)CC1)c1ccccc1. The molecule has 0 aliphatic carbocycles. The molecule has 0 saturated carbocycles. The van der Waals surface area contributed by atoms with E-state index in [0.717, 1.165) is 43.6 Å². The largest absolute Gasteiger partial charge is 0.350 e. The lowest BCUT2D eigenvalue weighted by Crippen LogP contribution is -2.38. The Morgan fingerprint density at radius 1 is 1.00 bits per heavy atom. The summed E-state index contributed by atoms with van der Waals surface area (Å²) in [5, 5.41) is 3.06. The molecule has 2 aromatic carbocycles. The molecular formula is C23H28N2O2. The van der Waals surface area contributed by atoms with E-state index in [1.807, 2.05) is 67.6 Å². The van der Waals surface area contributed by atoms with Crippen molar-refractivity contribution in [3.05, 3.63) is 71.8 Å². The van der Waals surface area contributed by atoms with Crippen LogP contribution in [0.25, 0.3) is 0 Å². The van der Waals surface area contributed by atoms with Gasteiger partial charge in [-0.25, -0.2) is 0 Å². The third-order valence-electron chi connectivity index (χ3n) is 5.35. The van der Waals surface area contributed by atoms with E-state index in [2.05, 4.69) is 10.2 Å². The van der Waals surface area contributed by atoms with E-state index in [9.17, 15) is 9.59 Å². The van der Waals surface area contributed by atoms with Gasteiger partial charge in [-0.3, -0.25) is 9.59 Å². The Morgan fingerprint density at radius 3 is 2.22 bits per heavy atom. The molecule has 142 valence electrons. The summed E-state index contributed by atoms with van der Waals surface area (Å²) in [7, 11) is 0. The zero-order chi connectivity index (χ0) is 19.1. The van der Waals surface area contributed by atoms with Crippen molar-refractivity contribution in [2.75, 3.05) is 19.6 Å². The number of nitrogens with one attached hydrogen (secondary N) is 1. The van der Waals surface area contributed by atoms with Crippen LogP contribution in [0.5, 0.6) is 0 Å². The van der Waals surface area contributed by atoms with Gasteiger partial charge in [0.25, 0.3) is 0 Å². The topological polar surface area (TPSA) is 49.4 Å². The summed E-state index contributed by atoms with van der Waals surface area (Å²) in [6.45, 7) is 4.52. The molecule has 0 radical (unpaired) electrons. The third-order valence-corrected chi connectivity index (χ3v) is 5.35. The molecule has 3 rings (SSSR count). The number of nitrogens with zero attached hydrogens (tertiary/aromatic N) is 1. The van der Waals surface area contributed by atoms with Crippen molar-refractivity contribution in [1.82, 2.24) is 10.2 Å². The minimum atomic E-state index is 0.0212. The monoisotopic (exact) mass is 364 g/mol. The van der Waals surface area contributed by atoms with Gasteiger partial charge in [-0.15, -0.1) is 0 Å². The number of hydrogen-bond acceptors (Lipinski definition) is 3. The fourth-order valence-corrected chi connectivity index (χ4v) is 3.66. The zero-order valence-corrected chi connectivity index (χ0v) is 15.9. The number of hydrogen-bond donors (Lipinski definition) is 1. The fourth-order valence-electron chi connectivity index (χ4n) is 3.66. The van der Waals surface area contributed by atoms with Crippen LogP contribution in [0.1, 0.15) is 48.1 Å². The number of rotatable bonds is 7. The van der Waals surface area contributed by atoms with Gasteiger partial charge in [-0.2, -0.15) is 0 Å². The van der Waals surface area contributed by atoms with Gasteiger partial charge >= 0.3 is 0 Å². The van der Waals surface area contributed by atoms with Gasteiger partial charge in [0.2, 0.25) is 5.91 Å². The molecule has 27 heavy (non-hydrogen) atoms. The van der Waals surface area contributed by atoms with Crippen LogP contribution in [-0.2, 0) is 4.79 Å². The summed E-state index contributed by atoms with van der Waals surface area (Å²) in [6.07, 6.45) is 2.24. The summed E-state index contributed by atoms with van der Waals surface area (Å²) < 4.78 is 0. The predicted molar refractivity (Wildman–Crippen MR) is 108 cm³/mol. The zero-order valence-electron chi connectivity index (χ0n) is 15.9. The Kier molecular flexibility index (Phi) is 6.77. The summed E-state index contributed by atoms with van der Waals surface area (Å²) in [5.41, 5.74) is 1.93. The van der Waals surface area contributed by atoms with E-state index in [-0.39, 0.29) is 23.7 Å². The number of carbonyl (C=O) groups excluding carboxylic acids is 2. The van der Waals surface area contributed by atoms with Crippen molar-refractivity contribution < 1.29 is 9.59 Å². The van der Waals surface area contributed by atoms with Gasteiger partial charge in [0.05, 0.1) is 6.04 Å². The second kappa shape index (κ2) is 9.47. The Morgan fingerprint density at radius 2 is 1.59 bits per heavy atom. The van der Waals surface area contributed by atoms with Crippen LogP contribution >= 0.6 is 0 Å². The molecule has 1 atom stereocenters. The number of ketones is 1. The maximum Gasteiger partial charge on any atom is 0.221 e. The average molecular weight is 364 g/mol. The maximum atomic E-state index is 12.5. The molecule has 1 saturated heterocycles. The quantitative estimate of drug-likeness (QED) is 0.759. The predicted octanol–water partition coefficient (Wildman–Crippen LogP) is 3.85. The molecule has 1 N–H and O–H groups in total. The van der Waals surface area contributed by atoms with Crippen LogP contribution in [0.4, 0.5) is 0 Å².